The van der Waals surface area contributed by atoms with Gasteiger partial charge >= 0.3 is 0 Å². The summed E-state index contributed by atoms with van der Waals surface area (Å²) in [5.74, 6) is 0.446. The van der Waals surface area contributed by atoms with E-state index in [1.54, 1.807) is 24.6 Å². The van der Waals surface area contributed by atoms with Crippen LogP contribution in [0.25, 0.3) is 10.2 Å². The van der Waals surface area contributed by atoms with Gasteiger partial charge in [0.15, 0.2) is 0 Å². The minimum atomic E-state index is -0.580. The summed E-state index contributed by atoms with van der Waals surface area (Å²) in [5, 5.41) is 12.6. The fourth-order valence-corrected chi connectivity index (χ4v) is 4.93. The van der Waals surface area contributed by atoms with Crippen molar-refractivity contribution in [3.63, 3.8) is 0 Å². The lowest BCUT2D eigenvalue weighted by molar-refractivity contribution is -0.121. The molecule has 1 aliphatic carbocycles. The molecule has 2 N–H and O–H groups in total. The summed E-state index contributed by atoms with van der Waals surface area (Å²) in [6.07, 6.45) is 4.20. The average Bonchev–Trinajstić information content (AvgIpc) is 2.97. The highest BCUT2D eigenvalue weighted by molar-refractivity contribution is 7.18. The Morgan fingerprint density at radius 2 is 2.22 bits per heavy atom. The topological polar surface area (TPSA) is 84.2 Å². The van der Waals surface area contributed by atoms with E-state index in [2.05, 4.69) is 31.1 Å². The highest BCUT2D eigenvalue weighted by atomic mass is 32.1. The van der Waals surface area contributed by atoms with E-state index in [-0.39, 0.29) is 29.8 Å². The van der Waals surface area contributed by atoms with Gasteiger partial charge in [0.1, 0.15) is 4.83 Å². The molecule has 1 amide bonds. The van der Waals surface area contributed by atoms with Crippen LogP contribution in [0.5, 0.6) is 0 Å². The molecule has 7 heteroatoms. The SMILES string of the molecule is CC(O)CNC(=O)CCn1cnc2sc3c(c2c1=O)CCC(C(C)(C)C)C3. The first-order chi connectivity index (χ1) is 12.7. The van der Waals surface area contributed by atoms with Crippen LogP contribution < -0.4 is 10.9 Å². The molecule has 0 bridgehead atoms. The first-order valence-corrected chi connectivity index (χ1v) is 10.4. The Balaban J connectivity index is 1.80. The quantitative estimate of drug-likeness (QED) is 0.820. The summed E-state index contributed by atoms with van der Waals surface area (Å²) < 4.78 is 1.53. The second-order valence-corrected chi connectivity index (χ2v) is 9.72. The lowest BCUT2D eigenvalue weighted by atomic mass is 9.72. The van der Waals surface area contributed by atoms with Crippen LogP contribution in [0.15, 0.2) is 11.1 Å². The maximum absolute atomic E-state index is 13.0. The predicted octanol–water partition coefficient (Wildman–Crippen LogP) is 2.50. The molecule has 0 spiro atoms. The number of nitrogens with one attached hydrogen (secondary N) is 1. The molecule has 3 rings (SSSR count). The molecule has 0 saturated carbocycles. The van der Waals surface area contributed by atoms with Crippen LogP contribution in [-0.2, 0) is 24.2 Å². The monoisotopic (exact) mass is 391 g/mol. The lowest BCUT2D eigenvalue weighted by Gasteiger charge is -2.33. The van der Waals surface area contributed by atoms with Gasteiger partial charge in [-0.05, 0) is 43.1 Å². The number of fused-ring (bicyclic) bond motifs is 3. The van der Waals surface area contributed by atoms with Crippen LogP contribution in [0.4, 0.5) is 0 Å². The van der Waals surface area contributed by atoms with Gasteiger partial charge in [0.05, 0.1) is 17.8 Å². The van der Waals surface area contributed by atoms with Gasteiger partial charge in [-0.3, -0.25) is 14.2 Å². The Morgan fingerprint density at radius 1 is 1.48 bits per heavy atom. The van der Waals surface area contributed by atoms with Crippen molar-refractivity contribution in [2.75, 3.05) is 6.54 Å². The van der Waals surface area contributed by atoms with E-state index in [1.807, 2.05) is 0 Å². The van der Waals surface area contributed by atoms with Gasteiger partial charge in [-0.15, -0.1) is 11.3 Å². The number of aliphatic hydroxyl groups is 1. The molecule has 0 aromatic carbocycles. The number of nitrogens with zero attached hydrogens (tertiary/aromatic N) is 2. The Hall–Kier alpha value is -1.73. The van der Waals surface area contributed by atoms with Crippen LogP contribution in [0.3, 0.4) is 0 Å². The molecule has 0 saturated heterocycles. The van der Waals surface area contributed by atoms with Crippen molar-refractivity contribution in [1.29, 1.82) is 0 Å². The normalized spacial score (nSPS) is 18.3. The van der Waals surface area contributed by atoms with Crippen LogP contribution >= 0.6 is 11.3 Å². The Kier molecular flexibility index (Phi) is 5.72. The first kappa shape index (κ1) is 20.0. The van der Waals surface area contributed by atoms with Crippen LogP contribution in [0.1, 0.15) is 51.0 Å². The van der Waals surface area contributed by atoms with Gasteiger partial charge in [-0.2, -0.15) is 0 Å². The largest absolute Gasteiger partial charge is 0.392 e. The van der Waals surface area contributed by atoms with E-state index < -0.39 is 6.10 Å². The smallest absolute Gasteiger partial charge is 0.262 e. The molecular formula is C20H29N3O3S. The number of carbonyl (C=O) groups excluding carboxylic acids is 1. The number of aliphatic hydroxyl groups excluding tert-OH is 1. The molecule has 2 unspecified atom stereocenters. The third-order valence-electron chi connectivity index (χ3n) is 5.43. The van der Waals surface area contributed by atoms with Crippen molar-refractivity contribution in [3.8, 4) is 0 Å². The number of hydrogen-bond donors (Lipinski definition) is 2. The molecule has 0 fully saturated rings. The molecule has 27 heavy (non-hydrogen) atoms. The maximum Gasteiger partial charge on any atom is 0.262 e. The highest BCUT2D eigenvalue weighted by Crippen LogP contribution is 2.41. The fourth-order valence-electron chi connectivity index (χ4n) is 3.67. The molecule has 2 heterocycles. The molecule has 0 radical (unpaired) electrons. The number of thiophene rings is 1. The third-order valence-corrected chi connectivity index (χ3v) is 6.60. The number of carbonyl (C=O) groups is 1. The van der Waals surface area contributed by atoms with E-state index in [0.717, 1.165) is 29.5 Å². The molecule has 6 nitrogen and oxygen atoms in total. The fraction of sp³-hybridized carbons (Fsp3) is 0.650. The predicted molar refractivity (Wildman–Crippen MR) is 108 cm³/mol. The summed E-state index contributed by atoms with van der Waals surface area (Å²) >= 11 is 1.65. The molecule has 0 aliphatic heterocycles. The number of hydrogen-bond acceptors (Lipinski definition) is 5. The van der Waals surface area contributed by atoms with E-state index in [0.29, 0.717) is 12.5 Å². The van der Waals surface area contributed by atoms with Crippen LogP contribution in [-0.4, -0.2) is 33.2 Å². The summed E-state index contributed by atoms with van der Waals surface area (Å²) in [4.78, 5) is 31.4. The molecule has 2 aromatic heterocycles. The van der Waals surface area contributed by atoms with Crippen molar-refractivity contribution in [1.82, 2.24) is 14.9 Å². The summed E-state index contributed by atoms with van der Waals surface area (Å²) in [6, 6.07) is 0. The second-order valence-electron chi connectivity index (χ2n) is 8.64. The summed E-state index contributed by atoms with van der Waals surface area (Å²) in [7, 11) is 0. The van der Waals surface area contributed by atoms with Crippen LogP contribution in [0.2, 0.25) is 0 Å². The van der Waals surface area contributed by atoms with Crippen molar-refractivity contribution in [2.24, 2.45) is 11.3 Å². The first-order valence-electron chi connectivity index (χ1n) is 9.61. The maximum atomic E-state index is 13.0. The minimum Gasteiger partial charge on any atom is -0.392 e. The Labute approximate surface area is 163 Å². The zero-order chi connectivity index (χ0) is 19.8. The standard InChI is InChI=1S/C20H29N3O3S/c1-12(24)10-21-16(25)7-8-23-11-22-18-17(19(23)26)14-6-5-13(20(2,3)4)9-15(14)27-18/h11-13,24H,5-10H2,1-4H3,(H,21,25). The molecule has 1 aliphatic rings. The summed E-state index contributed by atoms with van der Waals surface area (Å²) in [6.45, 7) is 8.98. The van der Waals surface area contributed by atoms with E-state index in [1.165, 1.54) is 15.0 Å². The van der Waals surface area contributed by atoms with Gasteiger partial charge in [0.25, 0.3) is 5.56 Å². The number of rotatable bonds is 5. The number of aryl methyl sites for hydroxylation is 2. The number of aromatic nitrogens is 2. The zero-order valence-corrected chi connectivity index (χ0v) is 17.4. The van der Waals surface area contributed by atoms with Gasteiger partial charge < -0.3 is 10.4 Å². The van der Waals surface area contributed by atoms with Gasteiger partial charge in [0.2, 0.25) is 5.91 Å². The molecule has 2 aromatic rings. The zero-order valence-electron chi connectivity index (χ0n) is 16.5. The Morgan fingerprint density at radius 3 is 2.89 bits per heavy atom. The van der Waals surface area contributed by atoms with Gasteiger partial charge in [-0.25, -0.2) is 4.98 Å². The van der Waals surface area contributed by atoms with Crippen molar-refractivity contribution < 1.29 is 9.90 Å². The van der Waals surface area contributed by atoms with Crippen molar-refractivity contribution in [3.05, 3.63) is 27.1 Å². The molecule has 2 atom stereocenters. The average molecular weight is 392 g/mol. The highest BCUT2D eigenvalue weighted by Gasteiger charge is 2.31. The second kappa shape index (κ2) is 7.72. The van der Waals surface area contributed by atoms with Crippen molar-refractivity contribution in [2.45, 2.75) is 66.0 Å². The number of amides is 1. The van der Waals surface area contributed by atoms with Crippen molar-refractivity contribution >= 4 is 27.5 Å². The van der Waals surface area contributed by atoms with Crippen LogP contribution in [0, 0.1) is 11.3 Å². The van der Waals surface area contributed by atoms with Gasteiger partial charge in [0, 0.05) is 24.4 Å². The summed E-state index contributed by atoms with van der Waals surface area (Å²) in [5.41, 5.74) is 1.39. The third kappa shape index (κ3) is 4.41. The Bertz CT molecular complexity index is 892. The molecular weight excluding hydrogens is 362 g/mol. The minimum absolute atomic E-state index is 0.0463. The van der Waals surface area contributed by atoms with E-state index >= 15 is 0 Å². The lowest BCUT2D eigenvalue weighted by Crippen LogP contribution is -2.32. The van der Waals surface area contributed by atoms with Gasteiger partial charge in [-0.1, -0.05) is 20.8 Å². The van der Waals surface area contributed by atoms with E-state index in [4.69, 9.17) is 0 Å². The molecule has 148 valence electrons. The van der Waals surface area contributed by atoms with E-state index in [9.17, 15) is 14.7 Å².